The van der Waals surface area contributed by atoms with Crippen LogP contribution in [0.1, 0.15) is 11.1 Å². The summed E-state index contributed by atoms with van der Waals surface area (Å²) in [6.07, 6.45) is 1.02. The largest absolute Gasteiger partial charge is 0.482 e. The third-order valence-corrected chi connectivity index (χ3v) is 2.43. The fraction of sp³-hybridized carbons (Fsp3) is 0.364. The summed E-state index contributed by atoms with van der Waals surface area (Å²) in [5.41, 5.74) is 2.51. The van der Waals surface area contributed by atoms with Gasteiger partial charge in [0.05, 0.1) is 0 Å². The Bertz CT molecular complexity index is 376. The van der Waals surface area contributed by atoms with E-state index in [9.17, 15) is 4.79 Å². The van der Waals surface area contributed by atoms with Crippen molar-refractivity contribution in [2.45, 2.75) is 13.0 Å². The first-order chi connectivity index (χ1) is 7.25. The monoisotopic (exact) mass is 207 g/mol. The molecule has 2 rings (SSSR count). The normalized spacial score (nSPS) is 14.4. The summed E-state index contributed by atoms with van der Waals surface area (Å²) in [7, 11) is 0. The van der Waals surface area contributed by atoms with Crippen molar-refractivity contribution in [3.63, 3.8) is 0 Å². The van der Waals surface area contributed by atoms with Crippen molar-refractivity contribution in [2.75, 3.05) is 13.2 Å². The minimum atomic E-state index is -0.953. The van der Waals surface area contributed by atoms with Crippen molar-refractivity contribution in [3.05, 3.63) is 29.3 Å². The number of hydrogen-bond donors (Lipinski definition) is 2. The molecular weight excluding hydrogens is 194 g/mol. The third-order valence-electron chi connectivity index (χ3n) is 2.43. The summed E-state index contributed by atoms with van der Waals surface area (Å²) < 4.78 is 5.11. The van der Waals surface area contributed by atoms with Crippen LogP contribution in [-0.4, -0.2) is 24.2 Å². The Kier molecular flexibility index (Phi) is 2.87. The molecule has 1 aromatic rings. The zero-order chi connectivity index (χ0) is 10.7. The molecule has 0 atom stereocenters. The SMILES string of the molecule is O=C(O)COc1ccc2c(c1)CNCC2. The van der Waals surface area contributed by atoms with E-state index in [-0.39, 0.29) is 6.61 Å². The van der Waals surface area contributed by atoms with Crippen LogP contribution in [0.2, 0.25) is 0 Å². The molecule has 0 radical (unpaired) electrons. The van der Waals surface area contributed by atoms with Gasteiger partial charge in [-0.1, -0.05) is 6.07 Å². The Hall–Kier alpha value is -1.55. The number of fused-ring (bicyclic) bond motifs is 1. The van der Waals surface area contributed by atoms with Crippen molar-refractivity contribution in [1.82, 2.24) is 5.32 Å². The highest BCUT2D eigenvalue weighted by Gasteiger charge is 2.09. The van der Waals surface area contributed by atoms with E-state index < -0.39 is 5.97 Å². The molecule has 4 heteroatoms. The molecule has 1 aliphatic rings. The average Bonchev–Trinajstić information content (AvgIpc) is 2.26. The molecular formula is C11H13NO3. The predicted molar refractivity (Wildman–Crippen MR) is 55.0 cm³/mol. The molecule has 1 aromatic carbocycles. The first-order valence-corrected chi connectivity index (χ1v) is 4.93. The number of rotatable bonds is 3. The zero-order valence-electron chi connectivity index (χ0n) is 8.32. The lowest BCUT2D eigenvalue weighted by molar-refractivity contribution is -0.139. The standard InChI is InChI=1S/C11H13NO3/c13-11(14)7-15-10-2-1-8-3-4-12-6-9(8)5-10/h1-2,5,12H,3-4,6-7H2,(H,13,14). The Morgan fingerprint density at radius 2 is 2.33 bits per heavy atom. The van der Waals surface area contributed by atoms with Gasteiger partial charge in [-0.2, -0.15) is 0 Å². The second-order valence-corrected chi connectivity index (χ2v) is 3.54. The van der Waals surface area contributed by atoms with E-state index in [2.05, 4.69) is 5.32 Å². The molecule has 0 saturated heterocycles. The van der Waals surface area contributed by atoms with Crippen LogP contribution in [-0.2, 0) is 17.8 Å². The molecule has 0 aromatic heterocycles. The maximum absolute atomic E-state index is 10.3. The molecule has 1 aliphatic heterocycles. The molecule has 4 nitrogen and oxygen atoms in total. The van der Waals surface area contributed by atoms with Crippen LogP contribution >= 0.6 is 0 Å². The fourth-order valence-electron chi connectivity index (χ4n) is 1.69. The molecule has 80 valence electrons. The van der Waals surface area contributed by atoms with E-state index in [0.29, 0.717) is 5.75 Å². The van der Waals surface area contributed by atoms with E-state index in [0.717, 1.165) is 19.5 Å². The van der Waals surface area contributed by atoms with Crippen molar-refractivity contribution in [2.24, 2.45) is 0 Å². The number of hydrogen-bond acceptors (Lipinski definition) is 3. The van der Waals surface area contributed by atoms with Crippen LogP contribution in [0.4, 0.5) is 0 Å². The van der Waals surface area contributed by atoms with Gasteiger partial charge >= 0.3 is 5.97 Å². The van der Waals surface area contributed by atoms with E-state index in [1.807, 2.05) is 18.2 Å². The lowest BCUT2D eigenvalue weighted by Gasteiger charge is -2.17. The number of aliphatic carboxylic acids is 1. The smallest absolute Gasteiger partial charge is 0.341 e. The van der Waals surface area contributed by atoms with Gasteiger partial charge in [0.2, 0.25) is 0 Å². The first kappa shape index (κ1) is 9.98. The maximum atomic E-state index is 10.3. The molecule has 0 bridgehead atoms. The van der Waals surface area contributed by atoms with Crippen LogP contribution in [0.25, 0.3) is 0 Å². The van der Waals surface area contributed by atoms with Gasteiger partial charge in [-0.3, -0.25) is 0 Å². The molecule has 15 heavy (non-hydrogen) atoms. The number of ether oxygens (including phenoxy) is 1. The molecule has 0 amide bonds. The minimum Gasteiger partial charge on any atom is -0.482 e. The summed E-state index contributed by atoms with van der Waals surface area (Å²) in [6.45, 7) is 1.55. The molecule has 0 unspecified atom stereocenters. The summed E-state index contributed by atoms with van der Waals surface area (Å²) in [5, 5.41) is 11.7. The molecule has 2 N–H and O–H groups in total. The van der Waals surface area contributed by atoms with Crippen molar-refractivity contribution >= 4 is 5.97 Å². The highest BCUT2D eigenvalue weighted by Crippen LogP contribution is 2.20. The van der Waals surface area contributed by atoms with Gasteiger partial charge < -0.3 is 15.2 Å². The number of carboxylic acids is 1. The van der Waals surface area contributed by atoms with Crippen LogP contribution in [0, 0.1) is 0 Å². The predicted octanol–water partition coefficient (Wildman–Crippen LogP) is 0.796. The lowest BCUT2D eigenvalue weighted by Crippen LogP contribution is -2.23. The van der Waals surface area contributed by atoms with Crippen LogP contribution in [0.5, 0.6) is 5.75 Å². The molecule has 0 saturated carbocycles. The topological polar surface area (TPSA) is 58.6 Å². The van der Waals surface area contributed by atoms with Gasteiger partial charge in [0.15, 0.2) is 6.61 Å². The van der Waals surface area contributed by atoms with E-state index >= 15 is 0 Å². The van der Waals surface area contributed by atoms with E-state index in [1.165, 1.54) is 11.1 Å². The third kappa shape index (κ3) is 2.47. The second-order valence-electron chi connectivity index (χ2n) is 3.54. The maximum Gasteiger partial charge on any atom is 0.341 e. The number of carboxylic acid groups (broad SMARTS) is 1. The number of nitrogens with one attached hydrogen (secondary N) is 1. The van der Waals surface area contributed by atoms with E-state index in [1.54, 1.807) is 0 Å². The fourth-order valence-corrected chi connectivity index (χ4v) is 1.69. The van der Waals surface area contributed by atoms with Crippen molar-refractivity contribution < 1.29 is 14.6 Å². The minimum absolute atomic E-state index is 0.286. The quantitative estimate of drug-likeness (QED) is 0.769. The van der Waals surface area contributed by atoms with Gasteiger partial charge in [-0.25, -0.2) is 4.79 Å². The van der Waals surface area contributed by atoms with Crippen LogP contribution in [0.15, 0.2) is 18.2 Å². The lowest BCUT2D eigenvalue weighted by atomic mass is 10.0. The Morgan fingerprint density at radius 3 is 3.13 bits per heavy atom. The summed E-state index contributed by atoms with van der Waals surface area (Å²) in [6, 6.07) is 5.74. The van der Waals surface area contributed by atoms with Gasteiger partial charge in [0.25, 0.3) is 0 Å². The summed E-state index contributed by atoms with van der Waals surface area (Å²) in [4.78, 5) is 10.3. The Labute approximate surface area is 87.9 Å². The molecule has 0 fully saturated rings. The second kappa shape index (κ2) is 4.31. The summed E-state index contributed by atoms with van der Waals surface area (Å²) in [5.74, 6) is -0.328. The number of benzene rings is 1. The first-order valence-electron chi connectivity index (χ1n) is 4.93. The van der Waals surface area contributed by atoms with Gasteiger partial charge in [0, 0.05) is 6.54 Å². The van der Waals surface area contributed by atoms with Gasteiger partial charge in [-0.05, 0) is 36.2 Å². The van der Waals surface area contributed by atoms with Crippen LogP contribution in [0.3, 0.4) is 0 Å². The van der Waals surface area contributed by atoms with Crippen molar-refractivity contribution in [1.29, 1.82) is 0 Å². The van der Waals surface area contributed by atoms with Crippen LogP contribution < -0.4 is 10.1 Å². The highest BCUT2D eigenvalue weighted by molar-refractivity contribution is 5.68. The Balaban J connectivity index is 2.10. The van der Waals surface area contributed by atoms with Crippen molar-refractivity contribution in [3.8, 4) is 5.75 Å². The van der Waals surface area contributed by atoms with Gasteiger partial charge in [0.1, 0.15) is 5.75 Å². The molecule has 0 spiro atoms. The molecule has 1 heterocycles. The van der Waals surface area contributed by atoms with Gasteiger partial charge in [-0.15, -0.1) is 0 Å². The highest BCUT2D eigenvalue weighted by atomic mass is 16.5. The average molecular weight is 207 g/mol. The molecule has 0 aliphatic carbocycles. The van der Waals surface area contributed by atoms with E-state index in [4.69, 9.17) is 9.84 Å². The zero-order valence-corrected chi connectivity index (χ0v) is 8.32. The Morgan fingerprint density at radius 1 is 1.47 bits per heavy atom. The number of carbonyl (C=O) groups is 1. The summed E-state index contributed by atoms with van der Waals surface area (Å²) >= 11 is 0.